The molecular weight excluding hydrogens is 461 g/mol. The molecule has 0 heterocycles. The van der Waals surface area contributed by atoms with Crippen LogP contribution in [0.25, 0.3) is 0 Å². The highest BCUT2D eigenvalue weighted by Crippen LogP contribution is 2.64. The Hall–Kier alpha value is -1.81. The third kappa shape index (κ3) is 5.01. The van der Waals surface area contributed by atoms with Gasteiger partial charge in [-0.25, -0.2) is 13.2 Å². The second kappa shape index (κ2) is 8.15. The summed E-state index contributed by atoms with van der Waals surface area (Å²) in [4.78, 5) is 12.3. The highest BCUT2D eigenvalue weighted by molar-refractivity contribution is 7.85. The maximum absolute atomic E-state index is 13.8. The number of carbonyl (C=O) groups is 1. The van der Waals surface area contributed by atoms with E-state index in [2.05, 4.69) is 0 Å². The minimum Gasteiger partial charge on any atom is -0.748 e. The molecule has 0 radical (unpaired) electrons. The van der Waals surface area contributed by atoms with E-state index in [1.807, 2.05) is 13.8 Å². The van der Waals surface area contributed by atoms with Crippen molar-refractivity contribution in [2.75, 3.05) is 12.4 Å². The van der Waals surface area contributed by atoms with Gasteiger partial charge in [-0.2, -0.15) is 13.2 Å². The first-order valence-corrected chi connectivity index (χ1v) is 12.8. The first-order chi connectivity index (χ1) is 15.2. The topological polar surface area (TPSA) is 92.7 Å². The molecule has 0 N–H and O–H groups in total. The third-order valence-corrected chi connectivity index (χ3v) is 8.44. The summed E-state index contributed by atoms with van der Waals surface area (Å²) in [5.74, 6) is -0.639. The van der Waals surface area contributed by atoms with E-state index in [0.717, 1.165) is 37.5 Å². The Kier molecular flexibility index (Phi) is 6.00. The van der Waals surface area contributed by atoms with E-state index in [1.165, 1.54) is 19.3 Å². The standard InChI is InChI=1S/C23H29F3O6S/c1-21(2,22-11-14-7-15(12-22)9-16(8-14)13-22)32-19-10-17(3-4-18(19)23(24,25)26)20(27)31-5-6-33(28,29)30/h3-4,10,14-16H,5-9,11-13H2,1-2H3,(H,28,29,30)/p-1. The minimum atomic E-state index is -4.69. The van der Waals surface area contributed by atoms with Crippen LogP contribution in [0.15, 0.2) is 18.2 Å². The molecule has 4 aliphatic rings. The first-order valence-electron chi connectivity index (χ1n) is 11.2. The molecule has 1 aromatic carbocycles. The summed E-state index contributed by atoms with van der Waals surface area (Å²) in [6.07, 6.45) is 1.65. The van der Waals surface area contributed by atoms with Crippen molar-refractivity contribution in [3.8, 4) is 5.75 Å². The molecule has 5 rings (SSSR count). The molecule has 1 aromatic rings. The lowest BCUT2D eigenvalue weighted by Crippen LogP contribution is -2.58. The average Bonchev–Trinajstić information content (AvgIpc) is 2.64. The fraction of sp³-hybridized carbons (Fsp3) is 0.696. The van der Waals surface area contributed by atoms with Gasteiger partial charge in [0.15, 0.2) is 0 Å². The van der Waals surface area contributed by atoms with E-state index >= 15 is 0 Å². The van der Waals surface area contributed by atoms with Crippen LogP contribution < -0.4 is 4.74 Å². The number of rotatable bonds is 7. The Balaban J connectivity index is 1.60. The molecule has 184 valence electrons. The number of alkyl halides is 3. The highest BCUT2D eigenvalue weighted by Gasteiger charge is 2.58. The quantitative estimate of drug-likeness (QED) is 0.404. The maximum Gasteiger partial charge on any atom is 0.419 e. The predicted molar refractivity (Wildman–Crippen MR) is 112 cm³/mol. The number of ether oxygens (including phenoxy) is 2. The minimum absolute atomic E-state index is 0.206. The molecule has 4 fully saturated rings. The average molecular weight is 490 g/mol. The SMILES string of the molecule is CC(C)(Oc1cc(C(=O)OCCS(=O)(=O)[O-])ccc1C(F)(F)F)C12CC3CC(CC(C3)C1)C2. The summed E-state index contributed by atoms with van der Waals surface area (Å²) in [7, 11) is -4.58. The molecule has 0 saturated heterocycles. The number of esters is 1. The van der Waals surface area contributed by atoms with Gasteiger partial charge >= 0.3 is 12.1 Å². The molecular formula is C23H28F3O6S-. The van der Waals surface area contributed by atoms with Crippen LogP contribution >= 0.6 is 0 Å². The molecule has 4 aliphatic carbocycles. The van der Waals surface area contributed by atoms with E-state index in [-0.39, 0.29) is 11.0 Å². The van der Waals surface area contributed by atoms with Crippen molar-refractivity contribution in [3.05, 3.63) is 29.3 Å². The Morgan fingerprint density at radius 1 is 1.09 bits per heavy atom. The largest absolute Gasteiger partial charge is 0.748 e. The molecule has 0 spiro atoms. The van der Waals surface area contributed by atoms with Gasteiger partial charge in [-0.3, -0.25) is 0 Å². The monoisotopic (exact) mass is 489 g/mol. The van der Waals surface area contributed by atoms with E-state index in [1.54, 1.807) is 0 Å². The molecule has 4 saturated carbocycles. The number of halogens is 3. The van der Waals surface area contributed by atoms with Gasteiger partial charge in [-0.05, 0) is 88.3 Å². The van der Waals surface area contributed by atoms with Crippen molar-refractivity contribution in [1.82, 2.24) is 0 Å². The molecule has 6 nitrogen and oxygen atoms in total. The molecule has 0 aromatic heterocycles. The van der Waals surface area contributed by atoms with Crippen molar-refractivity contribution in [2.24, 2.45) is 23.2 Å². The normalized spacial score (nSPS) is 29.2. The number of hydrogen-bond donors (Lipinski definition) is 0. The van der Waals surface area contributed by atoms with Gasteiger partial charge < -0.3 is 14.0 Å². The van der Waals surface area contributed by atoms with Crippen molar-refractivity contribution in [2.45, 2.75) is 64.1 Å². The van der Waals surface area contributed by atoms with Crippen LogP contribution in [0, 0.1) is 23.2 Å². The molecule has 0 atom stereocenters. The maximum atomic E-state index is 13.8. The van der Waals surface area contributed by atoms with Crippen LogP contribution in [-0.4, -0.2) is 36.9 Å². The van der Waals surface area contributed by atoms with E-state index < -0.39 is 51.5 Å². The Morgan fingerprint density at radius 2 is 1.64 bits per heavy atom. The van der Waals surface area contributed by atoms with Crippen LogP contribution in [-0.2, 0) is 21.0 Å². The number of carbonyl (C=O) groups excluding carboxylic acids is 1. The number of benzene rings is 1. The zero-order chi connectivity index (χ0) is 24.2. The lowest BCUT2D eigenvalue weighted by molar-refractivity contribution is -0.159. The Labute approximate surface area is 191 Å². The summed E-state index contributed by atoms with van der Waals surface area (Å²) >= 11 is 0. The van der Waals surface area contributed by atoms with Crippen LogP contribution in [0.2, 0.25) is 0 Å². The van der Waals surface area contributed by atoms with Crippen molar-refractivity contribution in [3.63, 3.8) is 0 Å². The van der Waals surface area contributed by atoms with Crippen molar-refractivity contribution in [1.29, 1.82) is 0 Å². The van der Waals surface area contributed by atoms with Crippen molar-refractivity contribution >= 4 is 16.1 Å². The van der Waals surface area contributed by atoms with Gasteiger partial charge in [0.2, 0.25) is 0 Å². The molecule has 0 unspecified atom stereocenters. The van der Waals surface area contributed by atoms with E-state index in [0.29, 0.717) is 17.8 Å². The predicted octanol–water partition coefficient (Wildman–Crippen LogP) is 4.78. The van der Waals surface area contributed by atoms with Gasteiger partial charge in [0.05, 0.1) is 27.0 Å². The van der Waals surface area contributed by atoms with Crippen LogP contribution in [0.5, 0.6) is 5.75 Å². The molecule has 0 aliphatic heterocycles. The summed E-state index contributed by atoms with van der Waals surface area (Å²) in [5, 5.41) is 0. The van der Waals surface area contributed by atoms with Gasteiger partial charge in [0, 0.05) is 5.41 Å². The molecule has 0 amide bonds. The van der Waals surface area contributed by atoms with Crippen LogP contribution in [0.4, 0.5) is 13.2 Å². The third-order valence-electron chi connectivity index (χ3n) is 7.77. The fourth-order valence-electron chi connectivity index (χ4n) is 6.52. The second-order valence-corrected chi connectivity index (χ2v) is 11.9. The lowest BCUT2D eigenvalue weighted by Gasteiger charge is -2.61. The fourth-order valence-corrected chi connectivity index (χ4v) is 6.81. The Morgan fingerprint density at radius 3 is 2.12 bits per heavy atom. The Bertz CT molecular complexity index is 996. The van der Waals surface area contributed by atoms with E-state index in [4.69, 9.17) is 9.47 Å². The van der Waals surface area contributed by atoms with Gasteiger partial charge in [-0.1, -0.05) is 0 Å². The molecule has 4 bridgehead atoms. The lowest BCUT2D eigenvalue weighted by atomic mass is 9.46. The summed E-state index contributed by atoms with van der Waals surface area (Å²) in [6, 6.07) is 2.73. The summed E-state index contributed by atoms with van der Waals surface area (Å²) in [6.45, 7) is 3.00. The zero-order valence-electron chi connectivity index (χ0n) is 18.6. The number of hydrogen-bond acceptors (Lipinski definition) is 6. The van der Waals surface area contributed by atoms with Gasteiger partial charge in [0.25, 0.3) is 0 Å². The zero-order valence-corrected chi connectivity index (χ0v) is 19.4. The van der Waals surface area contributed by atoms with Gasteiger partial charge in [-0.15, -0.1) is 0 Å². The van der Waals surface area contributed by atoms with Crippen LogP contribution in [0.1, 0.15) is 68.3 Å². The molecule has 10 heteroatoms. The second-order valence-electron chi connectivity index (χ2n) is 10.4. The smallest absolute Gasteiger partial charge is 0.419 e. The highest BCUT2D eigenvalue weighted by atomic mass is 32.2. The first kappa shape index (κ1) is 24.3. The summed E-state index contributed by atoms with van der Waals surface area (Å²) in [5.41, 5.74) is -2.30. The van der Waals surface area contributed by atoms with Crippen LogP contribution in [0.3, 0.4) is 0 Å². The molecule has 33 heavy (non-hydrogen) atoms. The summed E-state index contributed by atoms with van der Waals surface area (Å²) < 4.78 is 84.2. The van der Waals surface area contributed by atoms with E-state index in [9.17, 15) is 30.9 Å². The van der Waals surface area contributed by atoms with Crippen molar-refractivity contribution < 1.29 is 40.4 Å². The van der Waals surface area contributed by atoms with Gasteiger partial charge in [0.1, 0.15) is 18.0 Å².